The van der Waals surface area contributed by atoms with Crippen LogP contribution in [0, 0.1) is 0 Å². The van der Waals surface area contributed by atoms with Gasteiger partial charge >= 0.3 is 5.97 Å². The lowest BCUT2D eigenvalue weighted by Gasteiger charge is -2.24. The van der Waals surface area contributed by atoms with Crippen LogP contribution in [0.25, 0.3) is 6.08 Å². The molecule has 5 nitrogen and oxygen atoms in total. The first-order chi connectivity index (χ1) is 14.9. The molecule has 1 unspecified atom stereocenters. The topological polar surface area (TPSA) is 60.7 Å². The summed E-state index contributed by atoms with van der Waals surface area (Å²) in [5.41, 5.74) is 2.22. The van der Waals surface area contributed by atoms with Gasteiger partial charge in [-0.25, -0.2) is 9.79 Å². The quantitative estimate of drug-likeness (QED) is 0.536. The Morgan fingerprint density at radius 2 is 1.94 bits per heavy atom. The number of hydrogen-bond acceptors (Lipinski definition) is 5. The van der Waals surface area contributed by atoms with Crippen LogP contribution in [0.5, 0.6) is 0 Å². The van der Waals surface area contributed by atoms with Gasteiger partial charge in [-0.1, -0.05) is 70.9 Å². The zero-order valence-corrected chi connectivity index (χ0v) is 19.1. The number of ether oxygens (including phenoxy) is 1. The number of carbonyl (C=O) groups excluding carboxylic acids is 1. The maximum Gasteiger partial charge on any atom is 0.338 e. The molecule has 158 valence electrons. The standard InChI is InChI=1S/C23H18Cl2N2O3S/c1-3-30-22(29)19-13(2)26-23-27(20(19)15-7-5-4-6-8-15)21(28)18(31-23)12-14-9-10-16(24)17(25)11-14/h4-12,20H,3H2,1-2H3/b18-12-. The van der Waals surface area contributed by atoms with Crippen molar-refractivity contribution in [2.45, 2.75) is 19.9 Å². The van der Waals surface area contributed by atoms with Crippen LogP contribution in [0.4, 0.5) is 0 Å². The fraction of sp³-hybridized carbons (Fsp3) is 0.174. The fourth-order valence-corrected chi connectivity index (χ4v) is 4.85. The first kappa shape index (κ1) is 21.6. The summed E-state index contributed by atoms with van der Waals surface area (Å²) in [6.07, 6.45) is 1.75. The Morgan fingerprint density at radius 1 is 1.19 bits per heavy atom. The molecule has 0 bridgehead atoms. The van der Waals surface area contributed by atoms with E-state index in [9.17, 15) is 9.59 Å². The molecule has 0 saturated carbocycles. The molecule has 0 saturated heterocycles. The Labute approximate surface area is 192 Å². The van der Waals surface area contributed by atoms with Crippen LogP contribution >= 0.6 is 34.5 Å². The van der Waals surface area contributed by atoms with Gasteiger partial charge in [0.2, 0.25) is 0 Å². The van der Waals surface area contributed by atoms with Gasteiger partial charge in [0, 0.05) is 0 Å². The number of fused-ring (bicyclic) bond motifs is 1. The molecule has 0 fully saturated rings. The molecular formula is C23H18Cl2N2O3S. The van der Waals surface area contributed by atoms with Crippen LogP contribution < -0.4 is 14.9 Å². The first-order valence-electron chi connectivity index (χ1n) is 9.60. The van der Waals surface area contributed by atoms with E-state index in [1.54, 1.807) is 42.7 Å². The third kappa shape index (κ3) is 4.11. The molecular weight excluding hydrogens is 455 g/mol. The number of thiazole rings is 1. The number of rotatable bonds is 4. The second-order valence-corrected chi connectivity index (χ2v) is 8.71. The minimum atomic E-state index is -0.618. The van der Waals surface area contributed by atoms with E-state index in [-0.39, 0.29) is 12.2 Å². The zero-order valence-electron chi connectivity index (χ0n) is 16.8. The second kappa shape index (κ2) is 8.83. The van der Waals surface area contributed by atoms with Crippen molar-refractivity contribution in [1.82, 2.24) is 4.57 Å². The highest BCUT2D eigenvalue weighted by Crippen LogP contribution is 2.30. The lowest BCUT2D eigenvalue weighted by atomic mass is 9.96. The van der Waals surface area contributed by atoms with Gasteiger partial charge in [-0.05, 0) is 43.2 Å². The molecule has 0 spiro atoms. The van der Waals surface area contributed by atoms with E-state index in [4.69, 9.17) is 27.9 Å². The number of allylic oxidation sites excluding steroid dienone is 1. The number of aromatic nitrogens is 1. The minimum Gasteiger partial charge on any atom is -0.463 e. The molecule has 0 amide bonds. The van der Waals surface area contributed by atoms with Crippen molar-refractivity contribution in [1.29, 1.82) is 0 Å². The molecule has 0 aliphatic carbocycles. The summed E-state index contributed by atoms with van der Waals surface area (Å²) >= 11 is 13.4. The molecule has 0 radical (unpaired) electrons. The van der Waals surface area contributed by atoms with Crippen LogP contribution in [-0.4, -0.2) is 17.1 Å². The number of benzene rings is 2. The van der Waals surface area contributed by atoms with Crippen LogP contribution in [-0.2, 0) is 9.53 Å². The summed E-state index contributed by atoms with van der Waals surface area (Å²) < 4.78 is 7.32. The molecule has 31 heavy (non-hydrogen) atoms. The third-order valence-corrected chi connectivity index (χ3v) is 6.60. The molecule has 2 aromatic carbocycles. The fourth-order valence-electron chi connectivity index (χ4n) is 3.50. The normalized spacial score (nSPS) is 16.1. The predicted molar refractivity (Wildman–Crippen MR) is 123 cm³/mol. The average molecular weight is 473 g/mol. The van der Waals surface area contributed by atoms with Crippen molar-refractivity contribution < 1.29 is 9.53 Å². The van der Waals surface area contributed by atoms with E-state index in [0.717, 1.165) is 11.1 Å². The molecule has 3 aromatic rings. The Morgan fingerprint density at radius 3 is 2.61 bits per heavy atom. The van der Waals surface area contributed by atoms with E-state index in [0.29, 0.717) is 30.6 Å². The molecule has 1 aromatic heterocycles. The predicted octanol–water partition coefficient (Wildman–Crippen LogP) is 4.11. The van der Waals surface area contributed by atoms with Crippen molar-refractivity contribution in [3.8, 4) is 0 Å². The molecule has 1 aliphatic heterocycles. The maximum atomic E-state index is 13.4. The largest absolute Gasteiger partial charge is 0.463 e. The Hall–Kier alpha value is -2.67. The highest BCUT2D eigenvalue weighted by atomic mass is 35.5. The molecule has 1 atom stereocenters. The maximum absolute atomic E-state index is 13.4. The van der Waals surface area contributed by atoms with E-state index in [2.05, 4.69) is 4.99 Å². The van der Waals surface area contributed by atoms with Crippen molar-refractivity contribution >= 4 is 46.6 Å². The monoisotopic (exact) mass is 472 g/mol. The Balaban J connectivity index is 1.95. The summed E-state index contributed by atoms with van der Waals surface area (Å²) in [6.45, 7) is 3.74. The highest BCUT2D eigenvalue weighted by Gasteiger charge is 2.33. The van der Waals surface area contributed by atoms with Gasteiger partial charge in [0.25, 0.3) is 5.56 Å². The van der Waals surface area contributed by atoms with Gasteiger partial charge in [0.1, 0.15) is 0 Å². The molecule has 1 aliphatic rings. The minimum absolute atomic E-state index is 0.235. The third-order valence-electron chi connectivity index (χ3n) is 4.87. The number of halogens is 2. The molecule has 0 N–H and O–H groups in total. The average Bonchev–Trinajstić information content (AvgIpc) is 3.05. The van der Waals surface area contributed by atoms with Crippen LogP contribution in [0.2, 0.25) is 10.0 Å². The number of carbonyl (C=O) groups is 1. The second-order valence-electron chi connectivity index (χ2n) is 6.89. The lowest BCUT2D eigenvalue weighted by molar-refractivity contribution is -0.139. The van der Waals surface area contributed by atoms with Gasteiger partial charge in [-0.2, -0.15) is 0 Å². The molecule has 4 rings (SSSR count). The van der Waals surface area contributed by atoms with Gasteiger partial charge in [0.05, 0.1) is 38.5 Å². The number of hydrogen-bond donors (Lipinski definition) is 0. The van der Waals surface area contributed by atoms with Crippen molar-refractivity contribution in [3.63, 3.8) is 0 Å². The van der Waals surface area contributed by atoms with Gasteiger partial charge < -0.3 is 4.74 Å². The number of esters is 1. The van der Waals surface area contributed by atoms with Gasteiger partial charge in [-0.15, -0.1) is 0 Å². The zero-order chi connectivity index (χ0) is 22.1. The highest BCUT2D eigenvalue weighted by molar-refractivity contribution is 7.07. The lowest BCUT2D eigenvalue weighted by Crippen LogP contribution is -2.39. The molecule has 2 heterocycles. The van der Waals surface area contributed by atoms with Crippen LogP contribution in [0.1, 0.15) is 31.0 Å². The summed E-state index contributed by atoms with van der Waals surface area (Å²) in [7, 11) is 0. The Bertz CT molecular complexity index is 1370. The van der Waals surface area contributed by atoms with E-state index >= 15 is 0 Å². The van der Waals surface area contributed by atoms with Crippen molar-refractivity contribution in [3.05, 3.63) is 101 Å². The van der Waals surface area contributed by atoms with E-state index < -0.39 is 12.0 Å². The Kier molecular flexibility index (Phi) is 6.14. The van der Waals surface area contributed by atoms with Crippen LogP contribution in [0.15, 0.2) is 69.6 Å². The summed E-state index contributed by atoms with van der Waals surface area (Å²) in [4.78, 5) is 31.3. The molecule has 8 heteroatoms. The van der Waals surface area contributed by atoms with E-state index in [1.165, 1.54) is 11.3 Å². The van der Waals surface area contributed by atoms with Crippen molar-refractivity contribution in [2.24, 2.45) is 4.99 Å². The summed E-state index contributed by atoms with van der Waals surface area (Å²) in [6, 6.07) is 14.0. The van der Waals surface area contributed by atoms with Crippen LogP contribution in [0.3, 0.4) is 0 Å². The van der Waals surface area contributed by atoms with Crippen molar-refractivity contribution in [2.75, 3.05) is 6.61 Å². The first-order valence-corrected chi connectivity index (χ1v) is 11.2. The summed E-state index contributed by atoms with van der Waals surface area (Å²) in [5.74, 6) is -0.476. The smallest absolute Gasteiger partial charge is 0.338 e. The van der Waals surface area contributed by atoms with E-state index in [1.807, 2.05) is 30.3 Å². The SMILES string of the molecule is CCOC(=O)C1=C(C)N=c2s/c(=C\c3ccc(Cl)c(Cl)c3)c(=O)n2C1c1ccccc1. The van der Waals surface area contributed by atoms with Gasteiger partial charge in [-0.3, -0.25) is 9.36 Å². The van der Waals surface area contributed by atoms with Gasteiger partial charge in [0.15, 0.2) is 4.80 Å². The number of nitrogens with zero attached hydrogens (tertiary/aromatic N) is 2. The summed E-state index contributed by atoms with van der Waals surface area (Å²) in [5, 5.41) is 0.852.